The molecule has 1 saturated carbocycles. The van der Waals surface area contributed by atoms with Crippen LogP contribution in [0, 0.1) is 0 Å². The van der Waals surface area contributed by atoms with Gasteiger partial charge in [0.05, 0.1) is 25.6 Å². The number of ether oxygens (including phenoxy) is 2. The van der Waals surface area contributed by atoms with E-state index in [1.54, 1.807) is 7.11 Å². The largest absolute Gasteiger partial charge is 0.382 e. The van der Waals surface area contributed by atoms with Crippen LogP contribution in [0.1, 0.15) is 32.1 Å². The quantitative estimate of drug-likeness (QED) is 0.662. The summed E-state index contributed by atoms with van der Waals surface area (Å²) in [6, 6.07) is 0.132. The Hall–Kier alpha value is -0.170. The molecule has 0 aromatic heterocycles. The summed E-state index contributed by atoms with van der Waals surface area (Å²) in [6.45, 7) is 1.16. The van der Waals surface area contributed by atoms with E-state index in [-0.39, 0.29) is 18.4 Å². The predicted molar refractivity (Wildman–Crippen MR) is 66.5 cm³/mol. The van der Waals surface area contributed by atoms with Gasteiger partial charge in [0, 0.05) is 13.2 Å². The maximum atomic E-state index is 11.7. The van der Waals surface area contributed by atoms with E-state index in [9.17, 15) is 8.42 Å². The van der Waals surface area contributed by atoms with Crippen LogP contribution in [0.25, 0.3) is 0 Å². The van der Waals surface area contributed by atoms with E-state index in [2.05, 4.69) is 4.72 Å². The van der Waals surface area contributed by atoms with Gasteiger partial charge in [-0.15, -0.1) is 0 Å². The fraction of sp³-hybridized carbons (Fsp3) is 1.00. The molecule has 0 unspecified atom stereocenters. The molecule has 1 rings (SSSR count). The van der Waals surface area contributed by atoms with Crippen molar-refractivity contribution in [2.75, 3.05) is 32.7 Å². The Bertz CT molecular complexity index is 286. The van der Waals surface area contributed by atoms with Gasteiger partial charge in [-0.2, -0.15) is 0 Å². The number of nitrogens with one attached hydrogen (secondary N) is 1. The fourth-order valence-electron chi connectivity index (χ4n) is 1.95. The molecule has 0 saturated heterocycles. The zero-order valence-corrected chi connectivity index (χ0v) is 11.3. The molecule has 0 aromatic carbocycles. The molecular formula is C11H23NO4S. The van der Waals surface area contributed by atoms with Crippen molar-refractivity contribution >= 4 is 10.0 Å². The highest BCUT2D eigenvalue weighted by Crippen LogP contribution is 2.17. The first kappa shape index (κ1) is 14.9. The number of methoxy groups -OCH3 is 1. The number of sulfonamides is 1. The highest BCUT2D eigenvalue weighted by molar-refractivity contribution is 7.89. The Morgan fingerprint density at radius 1 is 1.12 bits per heavy atom. The van der Waals surface area contributed by atoms with Crippen molar-refractivity contribution in [2.45, 2.75) is 38.1 Å². The van der Waals surface area contributed by atoms with Crippen molar-refractivity contribution in [1.29, 1.82) is 0 Å². The molecule has 0 amide bonds. The first-order valence-corrected chi connectivity index (χ1v) is 7.86. The van der Waals surface area contributed by atoms with E-state index >= 15 is 0 Å². The molecule has 0 bridgehead atoms. The van der Waals surface area contributed by atoms with Crippen LogP contribution in [0.2, 0.25) is 0 Å². The van der Waals surface area contributed by atoms with Crippen molar-refractivity contribution in [3.8, 4) is 0 Å². The summed E-state index contributed by atoms with van der Waals surface area (Å²) in [6.07, 6.45) is 5.39. The molecule has 0 aliphatic heterocycles. The molecule has 17 heavy (non-hydrogen) atoms. The van der Waals surface area contributed by atoms with Gasteiger partial charge in [-0.05, 0) is 12.8 Å². The lowest BCUT2D eigenvalue weighted by molar-refractivity contribution is 0.0784. The van der Waals surface area contributed by atoms with Gasteiger partial charge in [-0.3, -0.25) is 0 Å². The summed E-state index contributed by atoms with van der Waals surface area (Å²) in [4.78, 5) is 0. The van der Waals surface area contributed by atoms with Crippen molar-refractivity contribution in [2.24, 2.45) is 0 Å². The minimum absolute atomic E-state index is 0.0349. The zero-order valence-electron chi connectivity index (χ0n) is 10.5. The molecule has 1 aliphatic rings. The fourth-order valence-corrected chi connectivity index (χ4v) is 3.14. The van der Waals surface area contributed by atoms with E-state index in [1.807, 2.05) is 0 Å². The van der Waals surface area contributed by atoms with Gasteiger partial charge in [0.2, 0.25) is 10.0 Å². The van der Waals surface area contributed by atoms with Crippen LogP contribution >= 0.6 is 0 Å². The van der Waals surface area contributed by atoms with Crippen molar-refractivity contribution in [3.63, 3.8) is 0 Å². The van der Waals surface area contributed by atoms with Crippen LogP contribution in [0.5, 0.6) is 0 Å². The maximum Gasteiger partial charge on any atom is 0.214 e. The molecular weight excluding hydrogens is 242 g/mol. The first-order chi connectivity index (χ1) is 8.14. The molecule has 1 N–H and O–H groups in total. The lowest BCUT2D eigenvalue weighted by Gasteiger charge is -2.22. The third-order valence-electron chi connectivity index (χ3n) is 2.88. The maximum absolute atomic E-state index is 11.7. The second kappa shape index (κ2) is 8.02. The average molecular weight is 265 g/mol. The van der Waals surface area contributed by atoms with Crippen molar-refractivity contribution in [1.82, 2.24) is 4.72 Å². The van der Waals surface area contributed by atoms with Crippen molar-refractivity contribution in [3.05, 3.63) is 0 Å². The summed E-state index contributed by atoms with van der Waals surface area (Å²) >= 11 is 0. The van der Waals surface area contributed by atoms with Crippen LogP contribution in [-0.4, -0.2) is 47.1 Å². The highest BCUT2D eigenvalue weighted by atomic mass is 32.2. The third kappa shape index (κ3) is 6.98. The first-order valence-electron chi connectivity index (χ1n) is 6.21. The SMILES string of the molecule is COCCOCCS(=O)(=O)NC1CCCCC1. The van der Waals surface area contributed by atoms with Gasteiger partial charge < -0.3 is 9.47 Å². The molecule has 1 fully saturated rings. The van der Waals surface area contributed by atoms with Gasteiger partial charge in [0.15, 0.2) is 0 Å². The highest BCUT2D eigenvalue weighted by Gasteiger charge is 2.19. The van der Waals surface area contributed by atoms with E-state index in [0.717, 1.165) is 25.7 Å². The van der Waals surface area contributed by atoms with Gasteiger partial charge in [0.25, 0.3) is 0 Å². The molecule has 0 radical (unpaired) electrons. The molecule has 0 aromatic rings. The van der Waals surface area contributed by atoms with Gasteiger partial charge in [-0.25, -0.2) is 13.1 Å². The Balaban J connectivity index is 2.16. The molecule has 0 heterocycles. The molecule has 0 atom stereocenters. The van der Waals surface area contributed by atoms with Crippen LogP contribution in [-0.2, 0) is 19.5 Å². The van der Waals surface area contributed by atoms with Crippen LogP contribution in [0.15, 0.2) is 0 Å². The standard InChI is InChI=1S/C11H23NO4S/c1-15-7-8-16-9-10-17(13,14)12-11-5-3-2-4-6-11/h11-12H,2-10H2,1H3. The van der Waals surface area contributed by atoms with E-state index in [1.165, 1.54) is 6.42 Å². The zero-order chi connectivity index (χ0) is 12.6. The molecule has 5 nitrogen and oxygen atoms in total. The lowest BCUT2D eigenvalue weighted by atomic mass is 9.96. The molecule has 6 heteroatoms. The van der Waals surface area contributed by atoms with E-state index < -0.39 is 10.0 Å². The van der Waals surface area contributed by atoms with Crippen LogP contribution < -0.4 is 4.72 Å². The molecule has 0 spiro atoms. The van der Waals surface area contributed by atoms with Gasteiger partial charge in [-0.1, -0.05) is 19.3 Å². The smallest absolute Gasteiger partial charge is 0.214 e. The number of rotatable bonds is 8. The Morgan fingerprint density at radius 3 is 2.47 bits per heavy atom. The normalized spacial score (nSPS) is 18.4. The lowest BCUT2D eigenvalue weighted by Crippen LogP contribution is -2.38. The summed E-state index contributed by atoms with van der Waals surface area (Å²) in [5.74, 6) is 0.0349. The number of hydrogen-bond acceptors (Lipinski definition) is 4. The monoisotopic (exact) mass is 265 g/mol. The summed E-state index contributed by atoms with van der Waals surface area (Å²) in [7, 11) is -1.60. The van der Waals surface area contributed by atoms with E-state index in [4.69, 9.17) is 9.47 Å². The van der Waals surface area contributed by atoms with Crippen LogP contribution in [0.4, 0.5) is 0 Å². The second-order valence-electron chi connectivity index (χ2n) is 4.38. The summed E-state index contributed by atoms with van der Waals surface area (Å²) in [5, 5.41) is 0. The van der Waals surface area contributed by atoms with Crippen LogP contribution in [0.3, 0.4) is 0 Å². The summed E-state index contributed by atoms with van der Waals surface area (Å²) < 4.78 is 36.1. The Labute approximate surface area is 104 Å². The molecule has 1 aliphatic carbocycles. The minimum atomic E-state index is -3.18. The average Bonchev–Trinajstić information content (AvgIpc) is 2.29. The topological polar surface area (TPSA) is 64.6 Å². The number of hydrogen-bond donors (Lipinski definition) is 1. The van der Waals surface area contributed by atoms with Gasteiger partial charge >= 0.3 is 0 Å². The van der Waals surface area contributed by atoms with E-state index in [0.29, 0.717) is 13.2 Å². The predicted octanol–water partition coefficient (Wildman–Crippen LogP) is 0.901. The van der Waals surface area contributed by atoms with Gasteiger partial charge in [0.1, 0.15) is 0 Å². The van der Waals surface area contributed by atoms with Crippen molar-refractivity contribution < 1.29 is 17.9 Å². The molecule has 102 valence electrons. The third-order valence-corrected chi connectivity index (χ3v) is 4.28. The second-order valence-corrected chi connectivity index (χ2v) is 6.25. The minimum Gasteiger partial charge on any atom is -0.382 e. The summed E-state index contributed by atoms with van der Waals surface area (Å²) in [5.41, 5.74) is 0. The Kier molecular flexibility index (Phi) is 7.03. The Morgan fingerprint density at radius 2 is 1.82 bits per heavy atom.